The van der Waals surface area contributed by atoms with Crippen LogP contribution in [0.3, 0.4) is 0 Å². The Kier molecular flexibility index (Phi) is 11.4. The highest BCUT2D eigenvalue weighted by molar-refractivity contribution is 7.90. The van der Waals surface area contributed by atoms with Crippen molar-refractivity contribution in [3.8, 4) is 17.3 Å². The number of Topliss-reactive ketones (excluding diaryl/α,β-unsaturated/α-hetero) is 1. The molecule has 0 spiro atoms. The fourth-order valence-corrected chi connectivity index (χ4v) is 11.6. The third kappa shape index (κ3) is 8.51. The minimum absolute atomic E-state index is 0.0428. The van der Waals surface area contributed by atoms with Crippen LogP contribution in [-0.2, 0) is 37.0 Å². The Morgan fingerprint density at radius 1 is 1.03 bits per heavy atom. The number of nitrogens with zero attached hydrogens (tertiary/aromatic N) is 4. The van der Waals surface area contributed by atoms with E-state index in [2.05, 4.69) is 26.3 Å². The second kappa shape index (κ2) is 16.7. The first-order valence-corrected chi connectivity index (χ1v) is 23.7. The van der Waals surface area contributed by atoms with Gasteiger partial charge in [0, 0.05) is 41.5 Å². The van der Waals surface area contributed by atoms with Crippen LogP contribution in [0, 0.1) is 23.2 Å². The molecule has 14 nitrogen and oxygen atoms in total. The molecule has 3 aliphatic carbocycles. The number of hydrogen-bond acceptors (Lipinski definition) is 12. The number of likely N-dealkylation sites (tertiary alicyclic amines) is 1. The average molecular weight is 920 g/mol. The smallest absolute Gasteiger partial charge is 0.416 e. The number of aromatic carboxylic acids is 1. The predicted octanol–water partition coefficient (Wildman–Crippen LogP) is 7.76. The van der Waals surface area contributed by atoms with Crippen molar-refractivity contribution in [2.24, 2.45) is 23.2 Å². The molecular weight excluding hydrogens is 876 g/mol. The number of rotatable bonds is 15. The zero-order chi connectivity index (χ0) is 45.1. The van der Waals surface area contributed by atoms with Gasteiger partial charge in [-0.25, -0.2) is 23.2 Å². The van der Waals surface area contributed by atoms with Crippen LogP contribution in [0.15, 0.2) is 71.0 Å². The molecule has 0 unspecified atom stereocenters. The second-order valence-electron chi connectivity index (χ2n) is 17.3. The number of furan rings is 1. The number of carbonyl (C=O) groups is 4. The highest BCUT2D eigenvalue weighted by Gasteiger charge is 2.61. The number of carboxylic acids is 1. The van der Waals surface area contributed by atoms with E-state index in [0.717, 1.165) is 55.6 Å². The van der Waals surface area contributed by atoms with E-state index in [9.17, 15) is 41.1 Å². The van der Waals surface area contributed by atoms with Crippen LogP contribution >= 0.6 is 11.3 Å². The van der Waals surface area contributed by atoms with Gasteiger partial charge in [0.05, 0.1) is 33.8 Å². The normalized spacial score (nSPS) is 23.2. The molecule has 4 fully saturated rings. The Morgan fingerprint density at radius 2 is 1.77 bits per heavy atom. The lowest BCUT2D eigenvalue weighted by atomic mass is 9.77. The number of benzene rings is 2. The summed E-state index contributed by atoms with van der Waals surface area (Å²) in [5, 5.41) is 11.4. The van der Waals surface area contributed by atoms with Crippen LogP contribution in [0.4, 0.5) is 13.2 Å². The molecule has 2 N–H and O–H groups in total. The number of sulfonamides is 1. The number of hydrogen-bond donors (Lipinski definition) is 2. The number of alkyl halides is 3. The van der Waals surface area contributed by atoms with Gasteiger partial charge in [-0.2, -0.15) is 18.2 Å². The maximum Gasteiger partial charge on any atom is 0.416 e. The van der Waals surface area contributed by atoms with Gasteiger partial charge in [0.25, 0.3) is 5.88 Å². The van der Waals surface area contributed by atoms with E-state index >= 15 is 4.79 Å². The van der Waals surface area contributed by atoms with Gasteiger partial charge in [-0.3, -0.25) is 19.1 Å². The quantitative estimate of drug-likeness (QED) is 0.0969. The van der Waals surface area contributed by atoms with E-state index in [1.54, 1.807) is 24.3 Å². The lowest BCUT2D eigenvalue weighted by Gasteiger charge is -2.34. The summed E-state index contributed by atoms with van der Waals surface area (Å²) in [5.41, 5.74) is -1.21. The summed E-state index contributed by atoms with van der Waals surface area (Å²) >= 11 is 1.14. The van der Waals surface area contributed by atoms with E-state index < -0.39 is 74.1 Å². The molecular formula is C45H44F3N5O9S2. The number of aromatic nitrogens is 3. The average Bonchev–Trinajstić information content (AvgIpc) is 4.11. The zero-order valence-electron chi connectivity index (χ0n) is 34.4. The summed E-state index contributed by atoms with van der Waals surface area (Å²) in [6.07, 6.45) is 1.04. The molecule has 5 atom stereocenters. The van der Waals surface area contributed by atoms with Gasteiger partial charge in [0.15, 0.2) is 17.3 Å². The lowest BCUT2D eigenvalue weighted by molar-refractivity contribution is -0.143. The fourth-order valence-electron chi connectivity index (χ4n) is 9.38. The van der Waals surface area contributed by atoms with Gasteiger partial charge in [0.1, 0.15) is 17.2 Å². The number of allylic oxidation sites excluding steroid dienone is 1. The highest BCUT2D eigenvalue weighted by Crippen LogP contribution is 2.57. The predicted molar refractivity (Wildman–Crippen MR) is 228 cm³/mol. The summed E-state index contributed by atoms with van der Waals surface area (Å²) in [7, 11) is -3.94. The molecule has 5 aromatic rings. The number of halogens is 3. The third-order valence-corrected chi connectivity index (χ3v) is 15.8. The maximum atomic E-state index is 15.2. The van der Waals surface area contributed by atoms with Gasteiger partial charge in [-0.15, -0.1) is 17.9 Å². The van der Waals surface area contributed by atoms with E-state index in [4.69, 9.17) is 9.15 Å². The number of carboxylic acid groups (broad SMARTS) is 1. The SMILES string of the molecule is C=C[C@@H]1C[C@]1(CC(=O)[C@@H]1C[C@@H](Oc2nc(-c3ccc(C(F)(F)F)cc3)nc3c2oc2ccccc23)CN1C(=O)[C@@H](Cc1nc(C(=O)O)cs1)C1CCCCC1)C(=O)NS(=O)(=O)C1CC1. The third-order valence-electron chi connectivity index (χ3n) is 13.1. The summed E-state index contributed by atoms with van der Waals surface area (Å²) < 4.78 is 81.3. The van der Waals surface area contributed by atoms with Crippen LogP contribution < -0.4 is 9.46 Å². The van der Waals surface area contributed by atoms with Crippen molar-refractivity contribution in [1.29, 1.82) is 0 Å². The molecule has 64 heavy (non-hydrogen) atoms. The highest BCUT2D eigenvalue weighted by atomic mass is 32.2. The molecule has 2 amide bonds. The van der Waals surface area contributed by atoms with Gasteiger partial charge >= 0.3 is 12.1 Å². The molecule has 3 aromatic heterocycles. The monoisotopic (exact) mass is 919 g/mol. The molecule has 2 aromatic carbocycles. The first kappa shape index (κ1) is 43.6. The lowest BCUT2D eigenvalue weighted by Crippen LogP contribution is -2.48. The molecule has 3 saturated carbocycles. The number of thiazole rings is 1. The number of ketones is 1. The van der Waals surface area contributed by atoms with Crippen LogP contribution in [0.5, 0.6) is 5.88 Å². The first-order valence-electron chi connectivity index (χ1n) is 21.3. The molecule has 1 aliphatic heterocycles. The van der Waals surface area contributed by atoms with E-state index in [-0.39, 0.29) is 72.6 Å². The molecule has 9 rings (SSSR count). The van der Waals surface area contributed by atoms with Gasteiger partial charge in [0.2, 0.25) is 27.4 Å². The number of ether oxygens (including phenoxy) is 1. The summed E-state index contributed by atoms with van der Waals surface area (Å²) in [4.78, 5) is 70.5. The topological polar surface area (TPSA) is 199 Å². The van der Waals surface area contributed by atoms with Gasteiger partial charge < -0.3 is 19.2 Å². The molecule has 0 radical (unpaired) electrons. The second-order valence-corrected chi connectivity index (χ2v) is 20.3. The Bertz CT molecular complexity index is 2780. The molecule has 336 valence electrons. The summed E-state index contributed by atoms with van der Waals surface area (Å²) in [6.45, 7) is 3.71. The number of carbonyl (C=O) groups excluding carboxylic acids is 3. The number of amides is 2. The summed E-state index contributed by atoms with van der Waals surface area (Å²) in [6, 6.07) is 10.2. The van der Waals surface area contributed by atoms with Crippen molar-refractivity contribution < 1.29 is 55.0 Å². The maximum absolute atomic E-state index is 15.2. The van der Waals surface area contributed by atoms with Crippen molar-refractivity contribution in [2.45, 2.75) is 94.2 Å². The van der Waals surface area contributed by atoms with Crippen molar-refractivity contribution in [3.05, 3.63) is 82.8 Å². The van der Waals surface area contributed by atoms with Crippen molar-refractivity contribution in [2.75, 3.05) is 6.54 Å². The van der Waals surface area contributed by atoms with Crippen LogP contribution in [0.2, 0.25) is 0 Å². The number of para-hydroxylation sites is 1. The van der Waals surface area contributed by atoms with Crippen LogP contribution in [0.1, 0.15) is 85.3 Å². The van der Waals surface area contributed by atoms with Gasteiger partial charge in [-0.05, 0) is 68.2 Å². The van der Waals surface area contributed by atoms with E-state index in [1.165, 1.54) is 28.5 Å². The molecule has 4 aliphatic rings. The largest absolute Gasteiger partial charge is 0.476 e. The number of nitrogens with one attached hydrogen (secondary N) is 1. The van der Waals surface area contributed by atoms with E-state index in [1.807, 2.05) is 0 Å². The van der Waals surface area contributed by atoms with Crippen LogP contribution in [-0.4, -0.2) is 80.9 Å². The molecule has 4 heterocycles. The van der Waals surface area contributed by atoms with Crippen LogP contribution in [0.25, 0.3) is 33.5 Å². The Morgan fingerprint density at radius 3 is 2.42 bits per heavy atom. The Hall–Kier alpha value is -5.69. The standard InChI is InChI=1S/C45H44F3N5O9S2/c1-2-26-20-44(26,43(58)52-64(59,60)29-16-17-29)21-34(54)33-18-28(22-53(33)41(55)31(24-8-4-3-5-9-24)19-36-49-32(23-63-36)42(56)57)61-40-38-37(30-10-6-7-11-35(30)62-38)50-39(51-40)25-12-14-27(15-13-25)45(46,47)48/h2,6-7,10-15,23-24,26,28-29,31,33H,1,3-5,8-9,16-22H2,(H,52,58)(H,56,57)/t26-,28-,31+,33+,44-/m1/s1. The molecule has 1 saturated heterocycles. The molecule has 0 bridgehead atoms. The molecule has 19 heteroatoms. The van der Waals surface area contributed by atoms with E-state index in [0.29, 0.717) is 34.3 Å². The Labute approximate surface area is 369 Å². The summed E-state index contributed by atoms with van der Waals surface area (Å²) in [5.74, 6) is -4.12. The zero-order valence-corrected chi connectivity index (χ0v) is 36.0. The first-order chi connectivity index (χ1) is 30.5. The van der Waals surface area contributed by atoms with Crippen molar-refractivity contribution >= 4 is 67.0 Å². The van der Waals surface area contributed by atoms with Gasteiger partial charge in [-0.1, -0.05) is 49.6 Å². The minimum atomic E-state index is -4.57. The van der Waals surface area contributed by atoms with Crippen molar-refractivity contribution in [1.82, 2.24) is 24.6 Å². The van der Waals surface area contributed by atoms with Crippen molar-refractivity contribution in [3.63, 3.8) is 0 Å². The minimum Gasteiger partial charge on any atom is -0.476 e. The Balaban J connectivity index is 1.07. The number of fused-ring (bicyclic) bond motifs is 3. The fraction of sp³-hybridized carbons (Fsp3) is 0.444.